The second-order valence-corrected chi connectivity index (χ2v) is 2.74. The van der Waals surface area contributed by atoms with Crippen LogP contribution >= 0.6 is 15.9 Å². The topological polar surface area (TPSA) is 56.0 Å². The van der Waals surface area contributed by atoms with Gasteiger partial charge < -0.3 is 0 Å². The quantitative estimate of drug-likeness (QED) is 0.443. The minimum absolute atomic E-state index is 0.514. The summed E-state index contributed by atoms with van der Waals surface area (Å²) in [6.07, 6.45) is 3.87. The Balaban J connectivity index is 2.89. The van der Waals surface area contributed by atoms with Crippen molar-refractivity contribution < 1.29 is 4.92 Å². The molecule has 0 amide bonds. The zero-order valence-electron chi connectivity index (χ0n) is 5.98. The summed E-state index contributed by atoms with van der Waals surface area (Å²) in [6, 6.07) is 3.45. The van der Waals surface area contributed by atoms with Gasteiger partial charge in [-0.15, -0.1) is 0 Å². The summed E-state index contributed by atoms with van der Waals surface area (Å²) >= 11 is 3.16. The van der Waals surface area contributed by atoms with Crippen LogP contribution in [0.4, 0.5) is 0 Å². The number of pyridine rings is 1. The highest BCUT2D eigenvalue weighted by molar-refractivity contribution is 9.10. The molecule has 0 saturated heterocycles. The number of nitrogens with zero attached hydrogens (tertiary/aromatic N) is 2. The van der Waals surface area contributed by atoms with E-state index in [1.54, 1.807) is 18.3 Å². The summed E-state index contributed by atoms with van der Waals surface area (Å²) in [5.41, 5.74) is 0.689. The molecule has 0 unspecified atom stereocenters. The number of halogens is 1. The van der Waals surface area contributed by atoms with E-state index in [2.05, 4.69) is 20.9 Å². The number of nitro groups is 1. The van der Waals surface area contributed by atoms with Gasteiger partial charge in [-0.05, 0) is 22.0 Å². The van der Waals surface area contributed by atoms with Gasteiger partial charge in [-0.2, -0.15) is 0 Å². The van der Waals surface area contributed by atoms with Crippen LogP contribution in [0.1, 0.15) is 5.56 Å². The third kappa shape index (κ3) is 2.43. The summed E-state index contributed by atoms with van der Waals surface area (Å²) in [6.45, 7) is 0. The van der Waals surface area contributed by atoms with E-state index in [0.29, 0.717) is 10.2 Å². The Morgan fingerprint density at radius 1 is 1.67 bits per heavy atom. The summed E-state index contributed by atoms with van der Waals surface area (Å²) < 4.78 is 0.600. The molecule has 0 radical (unpaired) electrons. The first-order chi connectivity index (χ1) is 5.70. The van der Waals surface area contributed by atoms with Crippen LogP contribution in [-0.2, 0) is 0 Å². The van der Waals surface area contributed by atoms with Crippen molar-refractivity contribution in [2.24, 2.45) is 0 Å². The summed E-state index contributed by atoms with van der Waals surface area (Å²) in [5.74, 6) is 0. The third-order valence-electron chi connectivity index (χ3n) is 1.16. The number of rotatable bonds is 2. The number of aromatic nitrogens is 1. The highest BCUT2D eigenvalue weighted by Gasteiger charge is 1.95. The minimum atomic E-state index is -0.514. The monoisotopic (exact) mass is 228 g/mol. The fourth-order valence-electron chi connectivity index (χ4n) is 0.664. The molecule has 0 saturated carbocycles. The van der Waals surface area contributed by atoms with Crippen LogP contribution in [-0.4, -0.2) is 9.91 Å². The molecule has 5 heteroatoms. The first-order valence-electron chi connectivity index (χ1n) is 3.12. The molecule has 0 spiro atoms. The van der Waals surface area contributed by atoms with Gasteiger partial charge in [-0.25, -0.2) is 4.98 Å². The molecule has 1 aromatic rings. The van der Waals surface area contributed by atoms with Gasteiger partial charge >= 0.3 is 0 Å². The van der Waals surface area contributed by atoms with E-state index in [0.717, 1.165) is 6.20 Å². The molecule has 1 aromatic heterocycles. The summed E-state index contributed by atoms with van der Waals surface area (Å²) in [7, 11) is 0. The first kappa shape index (κ1) is 8.86. The Kier molecular flexibility index (Phi) is 2.93. The molecule has 0 fully saturated rings. The molecule has 0 aliphatic rings. The van der Waals surface area contributed by atoms with Gasteiger partial charge in [0.2, 0.25) is 6.20 Å². The van der Waals surface area contributed by atoms with Crippen LogP contribution in [0, 0.1) is 10.1 Å². The van der Waals surface area contributed by atoms with Crippen LogP contribution < -0.4 is 0 Å². The average molecular weight is 229 g/mol. The second-order valence-electron chi connectivity index (χ2n) is 1.98. The maximum Gasteiger partial charge on any atom is 0.235 e. The van der Waals surface area contributed by atoms with Crippen LogP contribution in [0.3, 0.4) is 0 Å². The van der Waals surface area contributed by atoms with Gasteiger partial charge in [0.1, 0.15) is 4.60 Å². The van der Waals surface area contributed by atoms with E-state index in [9.17, 15) is 10.1 Å². The van der Waals surface area contributed by atoms with Crippen molar-refractivity contribution in [3.63, 3.8) is 0 Å². The van der Waals surface area contributed by atoms with Crippen molar-refractivity contribution in [3.8, 4) is 0 Å². The zero-order chi connectivity index (χ0) is 8.97. The lowest BCUT2D eigenvalue weighted by Crippen LogP contribution is -1.84. The van der Waals surface area contributed by atoms with Gasteiger partial charge in [0, 0.05) is 17.8 Å². The smallest absolute Gasteiger partial charge is 0.235 e. The van der Waals surface area contributed by atoms with Crippen LogP contribution in [0.5, 0.6) is 0 Å². The minimum Gasteiger partial charge on any atom is -0.259 e. The highest BCUT2D eigenvalue weighted by atomic mass is 79.9. The standard InChI is InChI=1S/C7H5BrN2O2/c8-7-6(2-1-4-9-7)3-5-10(11)12/h1-5H/b5-3+. The van der Waals surface area contributed by atoms with Gasteiger partial charge in [0.05, 0.1) is 4.92 Å². The molecular formula is C7H5BrN2O2. The fraction of sp³-hybridized carbons (Fsp3) is 0. The van der Waals surface area contributed by atoms with Gasteiger partial charge in [-0.1, -0.05) is 6.07 Å². The van der Waals surface area contributed by atoms with Crippen molar-refractivity contribution >= 4 is 22.0 Å². The van der Waals surface area contributed by atoms with E-state index in [4.69, 9.17) is 0 Å². The van der Waals surface area contributed by atoms with Gasteiger partial charge in [0.15, 0.2) is 0 Å². The Labute approximate surface area is 77.2 Å². The fourth-order valence-corrected chi connectivity index (χ4v) is 1.05. The van der Waals surface area contributed by atoms with Crippen molar-refractivity contribution in [2.75, 3.05) is 0 Å². The second kappa shape index (κ2) is 3.96. The van der Waals surface area contributed by atoms with Crippen LogP contribution in [0.25, 0.3) is 6.08 Å². The Bertz CT molecular complexity index is 325. The predicted molar refractivity (Wildman–Crippen MR) is 48.0 cm³/mol. The van der Waals surface area contributed by atoms with Crippen molar-refractivity contribution in [2.45, 2.75) is 0 Å². The van der Waals surface area contributed by atoms with Crippen LogP contribution in [0.15, 0.2) is 29.1 Å². The number of hydrogen-bond donors (Lipinski definition) is 0. The lowest BCUT2D eigenvalue weighted by Gasteiger charge is -1.92. The maximum atomic E-state index is 9.97. The van der Waals surface area contributed by atoms with Crippen molar-refractivity contribution in [1.29, 1.82) is 0 Å². The van der Waals surface area contributed by atoms with Crippen LogP contribution in [0.2, 0.25) is 0 Å². The normalized spacial score (nSPS) is 10.4. The SMILES string of the molecule is O=[N+]([O-])/C=C/c1cccnc1Br. The largest absolute Gasteiger partial charge is 0.259 e. The van der Waals surface area contributed by atoms with Crippen molar-refractivity contribution in [3.05, 3.63) is 44.8 Å². The molecule has 1 rings (SSSR count). The van der Waals surface area contributed by atoms with Crippen molar-refractivity contribution in [1.82, 2.24) is 4.98 Å². The van der Waals surface area contributed by atoms with Gasteiger partial charge in [-0.3, -0.25) is 10.1 Å². The molecule has 62 valence electrons. The third-order valence-corrected chi connectivity index (χ3v) is 1.83. The average Bonchev–Trinajstić information content (AvgIpc) is 2.03. The number of hydrogen-bond acceptors (Lipinski definition) is 3. The molecule has 0 aliphatic carbocycles. The summed E-state index contributed by atoms with van der Waals surface area (Å²) in [4.78, 5) is 13.4. The molecule has 12 heavy (non-hydrogen) atoms. The Morgan fingerprint density at radius 2 is 2.42 bits per heavy atom. The molecule has 0 N–H and O–H groups in total. The zero-order valence-corrected chi connectivity index (χ0v) is 7.56. The maximum absolute atomic E-state index is 9.97. The van der Waals surface area contributed by atoms with E-state index in [1.807, 2.05) is 0 Å². The van der Waals surface area contributed by atoms with E-state index in [1.165, 1.54) is 6.08 Å². The van der Waals surface area contributed by atoms with E-state index < -0.39 is 4.92 Å². The molecule has 0 bridgehead atoms. The Hall–Kier alpha value is -1.23. The molecule has 1 heterocycles. The Morgan fingerprint density at radius 3 is 3.00 bits per heavy atom. The van der Waals surface area contributed by atoms with E-state index >= 15 is 0 Å². The molecule has 0 aliphatic heterocycles. The lowest BCUT2D eigenvalue weighted by molar-refractivity contribution is -0.400. The van der Waals surface area contributed by atoms with Gasteiger partial charge in [0.25, 0.3) is 0 Å². The molecular weight excluding hydrogens is 224 g/mol. The highest BCUT2D eigenvalue weighted by Crippen LogP contribution is 2.13. The molecule has 4 nitrogen and oxygen atoms in total. The molecule has 0 aromatic carbocycles. The van der Waals surface area contributed by atoms with E-state index in [-0.39, 0.29) is 0 Å². The first-order valence-corrected chi connectivity index (χ1v) is 3.91. The lowest BCUT2D eigenvalue weighted by atomic mass is 10.3. The summed E-state index contributed by atoms with van der Waals surface area (Å²) in [5, 5.41) is 9.97. The molecule has 0 atom stereocenters. The predicted octanol–water partition coefficient (Wildman–Crippen LogP) is 2.09.